The van der Waals surface area contributed by atoms with Crippen LogP contribution in [0.2, 0.25) is 0 Å². The van der Waals surface area contributed by atoms with E-state index in [1.807, 2.05) is 31.0 Å². The molecule has 1 aromatic rings. The predicted octanol–water partition coefficient (Wildman–Crippen LogP) is 1.52. The van der Waals surface area contributed by atoms with Crippen molar-refractivity contribution in [1.82, 2.24) is 4.90 Å². The summed E-state index contributed by atoms with van der Waals surface area (Å²) >= 11 is 0. The van der Waals surface area contributed by atoms with E-state index in [0.29, 0.717) is 13.1 Å². The molecule has 1 atom stereocenters. The highest BCUT2D eigenvalue weighted by Crippen LogP contribution is 2.06. The first-order valence-electron chi connectivity index (χ1n) is 4.92. The number of furan rings is 1. The zero-order chi connectivity index (χ0) is 11.3. The number of rotatable bonds is 5. The first-order valence-corrected chi connectivity index (χ1v) is 4.92. The molecule has 1 rings (SSSR count). The van der Waals surface area contributed by atoms with Gasteiger partial charge in [-0.2, -0.15) is 0 Å². The number of hydrogen-bond acceptors (Lipinski definition) is 4. The molecule has 1 heterocycles. The molecule has 0 bridgehead atoms. The predicted molar refractivity (Wildman–Crippen MR) is 56.2 cm³/mol. The van der Waals surface area contributed by atoms with Gasteiger partial charge in [0.2, 0.25) is 0 Å². The lowest BCUT2D eigenvalue weighted by Gasteiger charge is -2.18. The minimum atomic E-state index is -0.179. The van der Waals surface area contributed by atoms with Gasteiger partial charge in [0.25, 0.3) is 0 Å². The summed E-state index contributed by atoms with van der Waals surface area (Å²) in [6.45, 7) is 3.21. The molecule has 0 aliphatic carbocycles. The topological polar surface area (TPSA) is 42.7 Å². The van der Waals surface area contributed by atoms with Gasteiger partial charge in [0.1, 0.15) is 5.76 Å². The molecule has 84 valence electrons. The minimum absolute atomic E-state index is 0.116. The Balaban J connectivity index is 2.35. The van der Waals surface area contributed by atoms with Crippen molar-refractivity contribution in [2.45, 2.75) is 13.5 Å². The van der Waals surface area contributed by atoms with E-state index in [1.54, 1.807) is 6.26 Å². The lowest BCUT2D eigenvalue weighted by Crippen LogP contribution is -2.28. The molecular weight excluding hydrogens is 194 g/mol. The zero-order valence-electron chi connectivity index (χ0n) is 9.40. The molecule has 0 saturated carbocycles. The molecule has 4 nitrogen and oxygen atoms in total. The van der Waals surface area contributed by atoms with Crippen LogP contribution in [-0.4, -0.2) is 31.6 Å². The van der Waals surface area contributed by atoms with Gasteiger partial charge in [-0.15, -0.1) is 0 Å². The molecule has 0 amide bonds. The third-order valence-corrected chi connectivity index (χ3v) is 2.19. The van der Waals surface area contributed by atoms with Crippen LogP contribution in [-0.2, 0) is 16.1 Å². The monoisotopic (exact) mass is 211 g/mol. The van der Waals surface area contributed by atoms with Gasteiger partial charge in [0.05, 0.1) is 25.8 Å². The van der Waals surface area contributed by atoms with Crippen molar-refractivity contribution in [2.75, 3.05) is 20.7 Å². The highest BCUT2D eigenvalue weighted by atomic mass is 16.5. The van der Waals surface area contributed by atoms with Crippen molar-refractivity contribution in [2.24, 2.45) is 5.92 Å². The van der Waals surface area contributed by atoms with Gasteiger partial charge in [0, 0.05) is 6.54 Å². The number of hydrogen-bond donors (Lipinski definition) is 0. The largest absolute Gasteiger partial charge is 0.469 e. The summed E-state index contributed by atoms with van der Waals surface area (Å²) in [5.41, 5.74) is 0. The van der Waals surface area contributed by atoms with Gasteiger partial charge in [-0.3, -0.25) is 9.69 Å². The summed E-state index contributed by atoms with van der Waals surface area (Å²) in [6.07, 6.45) is 1.65. The Labute approximate surface area is 89.8 Å². The van der Waals surface area contributed by atoms with Gasteiger partial charge in [0.15, 0.2) is 0 Å². The average molecular weight is 211 g/mol. The van der Waals surface area contributed by atoms with Crippen molar-refractivity contribution >= 4 is 5.97 Å². The first kappa shape index (κ1) is 11.8. The molecular formula is C11H17NO3. The van der Waals surface area contributed by atoms with Crippen LogP contribution in [0.4, 0.5) is 0 Å². The Hall–Kier alpha value is -1.29. The van der Waals surface area contributed by atoms with Crippen molar-refractivity contribution in [3.63, 3.8) is 0 Å². The van der Waals surface area contributed by atoms with Crippen LogP contribution >= 0.6 is 0 Å². The van der Waals surface area contributed by atoms with E-state index in [4.69, 9.17) is 4.42 Å². The molecule has 1 aromatic heterocycles. The summed E-state index contributed by atoms with van der Waals surface area (Å²) in [6, 6.07) is 3.77. The van der Waals surface area contributed by atoms with Gasteiger partial charge in [-0.05, 0) is 19.2 Å². The molecule has 0 radical (unpaired) electrons. The zero-order valence-corrected chi connectivity index (χ0v) is 9.40. The van der Waals surface area contributed by atoms with E-state index in [0.717, 1.165) is 5.76 Å². The Bertz CT molecular complexity index is 295. The Morgan fingerprint density at radius 3 is 2.93 bits per heavy atom. The molecule has 15 heavy (non-hydrogen) atoms. The molecule has 0 spiro atoms. The van der Waals surface area contributed by atoms with Crippen LogP contribution in [0.15, 0.2) is 22.8 Å². The van der Waals surface area contributed by atoms with E-state index < -0.39 is 0 Å². The molecule has 0 aliphatic rings. The van der Waals surface area contributed by atoms with Crippen LogP contribution in [0, 0.1) is 5.92 Å². The first-order chi connectivity index (χ1) is 7.13. The maximum Gasteiger partial charge on any atom is 0.309 e. The summed E-state index contributed by atoms with van der Waals surface area (Å²) in [5, 5.41) is 0. The standard InChI is InChI=1S/C11H17NO3/c1-9(11(13)14-3)7-12(2)8-10-5-4-6-15-10/h4-6,9H,7-8H2,1-3H3/t9-/m0/s1. The van der Waals surface area contributed by atoms with Crippen LogP contribution in [0.3, 0.4) is 0 Å². The highest BCUT2D eigenvalue weighted by Gasteiger charge is 2.15. The van der Waals surface area contributed by atoms with Crippen LogP contribution < -0.4 is 0 Å². The fourth-order valence-electron chi connectivity index (χ4n) is 1.48. The van der Waals surface area contributed by atoms with Gasteiger partial charge >= 0.3 is 5.97 Å². The second-order valence-corrected chi connectivity index (χ2v) is 3.70. The van der Waals surface area contributed by atoms with Gasteiger partial charge in [-0.1, -0.05) is 6.92 Å². The van der Waals surface area contributed by atoms with Crippen molar-refractivity contribution < 1.29 is 13.9 Å². The minimum Gasteiger partial charge on any atom is -0.469 e. The SMILES string of the molecule is COC(=O)[C@@H](C)CN(C)Cc1ccco1. The van der Waals surface area contributed by atoms with E-state index in [1.165, 1.54) is 7.11 Å². The van der Waals surface area contributed by atoms with Crippen molar-refractivity contribution in [1.29, 1.82) is 0 Å². The molecule has 4 heteroatoms. The maximum atomic E-state index is 11.2. The van der Waals surface area contributed by atoms with Crippen LogP contribution in [0.1, 0.15) is 12.7 Å². The van der Waals surface area contributed by atoms with Gasteiger partial charge < -0.3 is 9.15 Å². The molecule has 0 aromatic carbocycles. The fourth-order valence-corrected chi connectivity index (χ4v) is 1.48. The summed E-state index contributed by atoms with van der Waals surface area (Å²) in [7, 11) is 3.35. The normalized spacial score (nSPS) is 12.8. The van der Waals surface area contributed by atoms with E-state index in [-0.39, 0.29) is 11.9 Å². The quantitative estimate of drug-likeness (QED) is 0.692. The maximum absolute atomic E-state index is 11.2. The molecule has 0 fully saturated rings. The number of nitrogens with zero attached hydrogens (tertiary/aromatic N) is 1. The summed E-state index contributed by atoms with van der Waals surface area (Å²) in [5.74, 6) is 0.603. The second-order valence-electron chi connectivity index (χ2n) is 3.70. The number of ether oxygens (including phenoxy) is 1. The van der Waals surface area contributed by atoms with Crippen molar-refractivity contribution in [3.8, 4) is 0 Å². The summed E-state index contributed by atoms with van der Waals surface area (Å²) in [4.78, 5) is 13.2. The molecule has 0 aliphatic heterocycles. The second kappa shape index (κ2) is 5.56. The summed E-state index contributed by atoms with van der Waals surface area (Å²) < 4.78 is 9.87. The Morgan fingerprint density at radius 1 is 1.67 bits per heavy atom. The van der Waals surface area contributed by atoms with E-state index in [2.05, 4.69) is 4.74 Å². The fraction of sp³-hybridized carbons (Fsp3) is 0.545. The number of esters is 1. The Morgan fingerprint density at radius 2 is 2.40 bits per heavy atom. The van der Waals surface area contributed by atoms with Crippen LogP contribution in [0.5, 0.6) is 0 Å². The molecule has 0 N–H and O–H groups in total. The lowest BCUT2D eigenvalue weighted by atomic mass is 10.2. The Kier molecular flexibility index (Phi) is 4.37. The van der Waals surface area contributed by atoms with Crippen LogP contribution in [0.25, 0.3) is 0 Å². The van der Waals surface area contributed by atoms with E-state index >= 15 is 0 Å². The molecule has 0 unspecified atom stereocenters. The molecule has 0 saturated heterocycles. The number of carbonyl (C=O) groups is 1. The van der Waals surface area contributed by atoms with E-state index in [9.17, 15) is 4.79 Å². The third-order valence-electron chi connectivity index (χ3n) is 2.19. The van der Waals surface area contributed by atoms with Crippen molar-refractivity contribution in [3.05, 3.63) is 24.2 Å². The van der Waals surface area contributed by atoms with Gasteiger partial charge in [-0.25, -0.2) is 0 Å². The average Bonchev–Trinajstić information content (AvgIpc) is 2.68. The lowest BCUT2D eigenvalue weighted by molar-refractivity contribution is -0.145. The number of methoxy groups -OCH3 is 1. The smallest absolute Gasteiger partial charge is 0.309 e. The highest BCUT2D eigenvalue weighted by molar-refractivity contribution is 5.71. The third kappa shape index (κ3) is 3.75. The number of carbonyl (C=O) groups excluding carboxylic acids is 1.